The average molecular weight is 224 g/mol. The second-order valence-electron chi connectivity index (χ2n) is 3.96. The van der Waals surface area contributed by atoms with Crippen LogP contribution in [0.3, 0.4) is 0 Å². The van der Waals surface area contributed by atoms with Crippen molar-refractivity contribution in [1.29, 1.82) is 0 Å². The van der Waals surface area contributed by atoms with E-state index in [1.54, 1.807) is 13.5 Å². The summed E-state index contributed by atoms with van der Waals surface area (Å²) in [6, 6.07) is 13.3. The first-order chi connectivity index (χ1) is 8.31. The quantitative estimate of drug-likeness (QED) is 0.625. The Balaban J connectivity index is 1.86. The average Bonchev–Trinajstić information content (AvgIpc) is 2.76. The van der Waals surface area contributed by atoms with Gasteiger partial charge in [0.25, 0.3) is 0 Å². The molecule has 3 rings (SSSR count). The Morgan fingerprint density at radius 3 is 2.88 bits per heavy atom. The molecule has 0 saturated carbocycles. The Kier molecular flexibility index (Phi) is 2.50. The van der Waals surface area contributed by atoms with Crippen molar-refractivity contribution in [2.75, 3.05) is 5.73 Å². The number of ether oxygens (including phenoxy) is 1. The molecule has 0 spiro atoms. The van der Waals surface area contributed by atoms with Crippen molar-refractivity contribution in [1.82, 2.24) is 0 Å². The zero-order chi connectivity index (χ0) is 11.7. The number of fused-ring (bicyclic) bond motifs is 1. The van der Waals surface area contributed by atoms with Crippen LogP contribution in [0.25, 0.3) is 0 Å². The van der Waals surface area contributed by atoms with Crippen LogP contribution in [0.15, 0.2) is 42.5 Å². The maximum absolute atomic E-state index is 5.74. The summed E-state index contributed by atoms with van der Waals surface area (Å²) >= 11 is 0. The third kappa shape index (κ3) is 2.12. The van der Waals surface area contributed by atoms with Gasteiger partial charge in [0.15, 0.2) is 0 Å². The molecule has 0 aromatic heterocycles. The summed E-state index contributed by atoms with van der Waals surface area (Å²) in [6.45, 7) is 0.615. The van der Waals surface area contributed by atoms with E-state index in [-0.39, 0.29) is 0 Å². The molecule has 2 aromatic carbocycles. The van der Waals surface area contributed by atoms with Gasteiger partial charge in [-0.25, -0.2) is 0 Å². The highest BCUT2D eigenvalue weighted by Crippen LogP contribution is 2.24. The Labute approximate surface area is 100 Å². The lowest BCUT2D eigenvalue weighted by molar-refractivity contribution is 0.344. The molecule has 0 saturated heterocycles. The molecule has 1 aliphatic heterocycles. The third-order valence-corrected chi connectivity index (χ3v) is 2.66. The van der Waals surface area contributed by atoms with E-state index in [1.165, 1.54) is 0 Å². The van der Waals surface area contributed by atoms with E-state index in [0.717, 1.165) is 22.5 Å². The van der Waals surface area contributed by atoms with Crippen LogP contribution in [0.2, 0.25) is 0 Å². The van der Waals surface area contributed by atoms with E-state index in [0.29, 0.717) is 12.3 Å². The molecule has 83 valence electrons. The summed E-state index contributed by atoms with van der Waals surface area (Å²) in [5, 5.41) is 0. The molecule has 1 aliphatic rings. The van der Waals surface area contributed by atoms with E-state index < -0.39 is 0 Å². The second kappa shape index (κ2) is 4.15. The standard InChI is InChI=1S/C13H11BNO2/c15-10-2-1-3-11(7-10)17-12-4-5-13-9(6-12)8-16-14-13/h1-7H,8,15H2. The first-order valence-electron chi connectivity index (χ1n) is 5.42. The third-order valence-electron chi connectivity index (χ3n) is 2.66. The Morgan fingerprint density at radius 1 is 1.12 bits per heavy atom. The van der Waals surface area contributed by atoms with Crippen molar-refractivity contribution in [3.05, 3.63) is 48.0 Å². The molecule has 2 N–H and O–H groups in total. The van der Waals surface area contributed by atoms with Crippen LogP contribution < -0.4 is 15.9 Å². The van der Waals surface area contributed by atoms with Gasteiger partial charge in [-0.2, -0.15) is 0 Å². The van der Waals surface area contributed by atoms with Gasteiger partial charge in [0, 0.05) is 11.8 Å². The fraction of sp³-hybridized carbons (Fsp3) is 0.0769. The van der Waals surface area contributed by atoms with Crippen molar-refractivity contribution in [2.24, 2.45) is 0 Å². The predicted molar refractivity (Wildman–Crippen MR) is 67.5 cm³/mol. The van der Waals surface area contributed by atoms with Gasteiger partial charge in [-0.05, 0) is 35.3 Å². The number of hydrogen-bond acceptors (Lipinski definition) is 3. The SMILES string of the molecule is Nc1cccc(Oc2ccc3c(c2)CO[B]3)c1. The maximum atomic E-state index is 5.74. The Bertz CT molecular complexity index is 557. The van der Waals surface area contributed by atoms with Crippen molar-refractivity contribution in [3.63, 3.8) is 0 Å². The van der Waals surface area contributed by atoms with Crippen molar-refractivity contribution in [3.8, 4) is 11.5 Å². The second-order valence-corrected chi connectivity index (χ2v) is 3.96. The molecular formula is C13H11BNO2. The van der Waals surface area contributed by atoms with Gasteiger partial charge in [0.2, 0.25) is 0 Å². The molecule has 0 fully saturated rings. The summed E-state index contributed by atoms with van der Waals surface area (Å²) in [5.41, 5.74) is 8.65. The predicted octanol–water partition coefficient (Wildman–Crippen LogP) is 1.84. The van der Waals surface area contributed by atoms with E-state index in [1.807, 2.05) is 36.4 Å². The van der Waals surface area contributed by atoms with Crippen molar-refractivity contribution in [2.45, 2.75) is 6.61 Å². The van der Waals surface area contributed by atoms with Crippen LogP contribution in [0.1, 0.15) is 5.56 Å². The summed E-state index contributed by atoms with van der Waals surface area (Å²) < 4.78 is 11.0. The molecule has 4 heteroatoms. The maximum Gasteiger partial charge on any atom is 0.330 e. The molecule has 3 nitrogen and oxygen atoms in total. The number of nitrogens with two attached hydrogens (primary N) is 1. The molecular weight excluding hydrogens is 213 g/mol. The summed E-state index contributed by atoms with van der Waals surface area (Å²) in [4.78, 5) is 0. The smallest absolute Gasteiger partial charge is 0.330 e. The summed E-state index contributed by atoms with van der Waals surface area (Å²) in [6.07, 6.45) is 0. The lowest BCUT2D eigenvalue weighted by atomic mass is 9.87. The van der Waals surface area contributed by atoms with Gasteiger partial charge >= 0.3 is 7.48 Å². The molecule has 1 heterocycles. The zero-order valence-electron chi connectivity index (χ0n) is 9.22. The highest BCUT2D eigenvalue weighted by Gasteiger charge is 2.13. The molecule has 2 aromatic rings. The van der Waals surface area contributed by atoms with Crippen molar-refractivity contribution >= 4 is 18.6 Å². The monoisotopic (exact) mass is 224 g/mol. The largest absolute Gasteiger partial charge is 0.457 e. The van der Waals surface area contributed by atoms with E-state index >= 15 is 0 Å². The number of benzene rings is 2. The molecule has 1 radical (unpaired) electrons. The summed E-state index contributed by atoms with van der Waals surface area (Å²) in [7, 11) is 1.76. The minimum atomic E-state index is 0.615. The molecule has 0 amide bonds. The Morgan fingerprint density at radius 2 is 2.00 bits per heavy atom. The Hall–Kier alpha value is -1.94. The number of anilines is 1. The molecule has 0 atom stereocenters. The fourth-order valence-electron chi connectivity index (χ4n) is 1.82. The van der Waals surface area contributed by atoms with Crippen LogP contribution in [0.4, 0.5) is 5.69 Å². The van der Waals surface area contributed by atoms with Gasteiger partial charge in [0.1, 0.15) is 11.5 Å². The summed E-state index contributed by atoms with van der Waals surface area (Å²) in [5.74, 6) is 1.54. The first kappa shape index (κ1) is 10.2. The minimum Gasteiger partial charge on any atom is -0.457 e. The van der Waals surface area contributed by atoms with Crippen LogP contribution in [0, 0.1) is 0 Å². The first-order valence-corrected chi connectivity index (χ1v) is 5.42. The molecule has 0 aliphatic carbocycles. The van der Waals surface area contributed by atoms with Gasteiger partial charge in [-0.1, -0.05) is 12.1 Å². The van der Waals surface area contributed by atoms with E-state index in [2.05, 4.69) is 0 Å². The van der Waals surface area contributed by atoms with E-state index in [4.69, 9.17) is 15.1 Å². The number of nitrogen functional groups attached to an aromatic ring is 1. The highest BCUT2D eigenvalue weighted by atomic mass is 16.5. The van der Waals surface area contributed by atoms with Crippen molar-refractivity contribution < 1.29 is 9.39 Å². The van der Waals surface area contributed by atoms with Crippen LogP contribution in [-0.2, 0) is 11.3 Å². The minimum absolute atomic E-state index is 0.615. The van der Waals surface area contributed by atoms with Crippen LogP contribution >= 0.6 is 0 Å². The lowest BCUT2D eigenvalue weighted by Crippen LogP contribution is -2.10. The van der Waals surface area contributed by atoms with Gasteiger partial charge in [-0.15, -0.1) is 0 Å². The van der Waals surface area contributed by atoms with Crippen LogP contribution in [-0.4, -0.2) is 7.48 Å². The fourth-order valence-corrected chi connectivity index (χ4v) is 1.82. The highest BCUT2D eigenvalue weighted by molar-refractivity contribution is 6.48. The van der Waals surface area contributed by atoms with E-state index in [9.17, 15) is 0 Å². The van der Waals surface area contributed by atoms with Gasteiger partial charge in [-0.3, -0.25) is 0 Å². The normalized spacial score (nSPS) is 12.9. The molecule has 17 heavy (non-hydrogen) atoms. The zero-order valence-corrected chi connectivity index (χ0v) is 9.22. The van der Waals surface area contributed by atoms with Gasteiger partial charge in [0.05, 0.1) is 6.61 Å². The number of hydrogen-bond donors (Lipinski definition) is 1. The van der Waals surface area contributed by atoms with Crippen LogP contribution in [0.5, 0.6) is 11.5 Å². The number of rotatable bonds is 2. The molecule has 0 unspecified atom stereocenters. The topological polar surface area (TPSA) is 44.5 Å². The molecule has 0 bridgehead atoms. The lowest BCUT2D eigenvalue weighted by Gasteiger charge is -2.07. The van der Waals surface area contributed by atoms with Gasteiger partial charge < -0.3 is 15.1 Å².